The highest BCUT2D eigenvalue weighted by molar-refractivity contribution is 5.71. The number of esters is 3. The van der Waals surface area contributed by atoms with Gasteiger partial charge in [-0.2, -0.15) is 0 Å². The summed E-state index contributed by atoms with van der Waals surface area (Å²) >= 11 is 0. The Bertz CT molecular complexity index is 1430. The fraction of sp³-hybridized carbons (Fsp3) is 0.824. The third kappa shape index (κ3) is 65.9. The number of carbonyl (C=O) groups excluding carboxylic acids is 3. The molecule has 0 spiro atoms. The van der Waals surface area contributed by atoms with Crippen molar-refractivity contribution in [3.05, 3.63) is 60.8 Å². The Balaban J connectivity index is 4.05. The summed E-state index contributed by atoms with van der Waals surface area (Å²) in [6.07, 6.45) is 88.6. The maximum Gasteiger partial charge on any atom is 0.306 e. The maximum absolute atomic E-state index is 12.9. The van der Waals surface area contributed by atoms with Gasteiger partial charge in [0.1, 0.15) is 13.2 Å². The largest absolute Gasteiger partial charge is 0.462 e. The highest BCUT2D eigenvalue weighted by Gasteiger charge is 2.19. The van der Waals surface area contributed by atoms with Crippen LogP contribution in [0.4, 0.5) is 0 Å². The van der Waals surface area contributed by atoms with E-state index in [-0.39, 0.29) is 31.1 Å². The van der Waals surface area contributed by atoms with Gasteiger partial charge in [-0.05, 0) is 64.2 Å². The number of rotatable bonds is 65. The van der Waals surface area contributed by atoms with Crippen LogP contribution in [0.2, 0.25) is 0 Å². The zero-order chi connectivity index (χ0) is 57.8. The van der Waals surface area contributed by atoms with E-state index in [4.69, 9.17) is 14.2 Å². The lowest BCUT2D eigenvalue weighted by atomic mass is 10.0. The molecule has 466 valence electrons. The van der Waals surface area contributed by atoms with Gasteiger partial charge < -0.3 is 14.2 Å². The van der Waals surface area contributed by atoms with Gasteiger partial charge in [-0.3, -0.25) is 14.4 Å². The molecule has 0 amide bonds. The van der Waals surface area contributed by atoms with E-state index in [1.165, 1.54) is 238 Å². The van der Waals surface area contributed by atoms with Crippen molar-refractivity contribution in [2.75, 3.05) is 13.2 Å². The normalized spacial score (nSPS) is 12.4. The second-order valence-electron chi connectivity index (χ2n) is 23.8. The maximum atomic E-state index is 12.9. The lowest BCUT2D eigenvalue weighted by Crippen LogP contribution is -2.30. The molecule has 0 N–H and O–H groups in total. The van der Waals surface area contributed by atoms with E-state index in [9.17, 15) is 14.4 Å². The molecule has 0 aliphatic rings. The number of unbranched alkanes of at least 4 members (excludes halogenated alkanes) is 44. The molecule has 6 nitrogen and oxygen atoms in total. The molecule has 0 fully saturated rings. The van der Waals surface area contributed by atoms with Gasteiger partial charge in [-0.25, -0.2) is 0 Å². The van der Waals surface area contributed by atoms with Crippen LogP contribution in [0.15, 0.2) is 60.8 Å². The van der Waals surface area contributed by atoms with E-state index in [0.717, 1.165) is 96.3 Å². The zero-order valence-corrected chi connectivity index (χ0v) is 53.6. The van der Waals surface area contributed by atoms with Crippen LogP contribution in [0.1, 0.15) is 374 Å². The number of hydrogen-bond acceptors (Lipinski definition) is 6. The van der Waals surface area contributed by atoms with Crippen LogP contribution in [0.25, 0.3) is 0 Å². The summed E-state index contributed by atoms with van der Waals surface area (Å²) in [5.74, 6) is -0.900. The summed E-state index contributed by atoms with van der Waals surface area (Å²) in [6, 6.07) is 0. The van der Waals surface area contributed by atoms with Gasteiger partial charge >= 0.3 is 17.9 Å². The molecule has 1 unspecified atom stereocenters. The molecule has 0 aromatic carbocycles. The minimum Gasteiger partial charge on any atom is -0.462 e. The fourth-order valence-electron chi connectivity index (χ4n) is 10.5. The average molecular weight is 1120 g/mol. The molecule has 0 saturated carbocycles. The predicted octanol–water partition coefficient (Wildman–Crippen LogP) is 24.3. The van der Waals surface area contributed by atoms with Crippen LogP contribution in [0.3, 0.4) is 0 Å². The number of allylic oxidation sites excluding steroid dienone is 10. The SMILES string of the molecule is CC/C=C\C/C=C\C/C=C\C/C=C\C/C=C\CCCCCC(=O)OC(COC(=O)CCCCCCCCCCC)COC(=O)CCCCCCCCCCCCCCCCCCCCCCCCCCCCCCCCCCCC. The molecule has 0 radical (unpaired) electrons. The number of hydrogen-bond donors (Lipinski definition) is 0. The molecule has 0 rings (SSSR count). The van der Waals surface area contributed by atoms with Crippen molar-refractivity contribution in [1.82, 2.24) is 0 Å². The molecule has 0 aliphatic heterocycles. The smallest absolute Gasteiger partial charge is 0.306 e. The molecular weight excluding hydrogens is 985 g/mol. The van der Waals surface area contributed by atoms with E-state index in [1.54, 1.807) is 0 Å². The summed E-state index contributed by atoms with van der Waals surface area (Å²) in [6.45, 7) is 6.53. The van der Waals surface area contributed by atoms with Crippen LogP contribution >= 0.6 is 0 Å². The summed E-state index contributed by atoms with van der Waals surface area (Å²) in [5.41, 5.74) is 0. The summed E-state index contributed by atoms with van der Waals surface area (Å²) in [5, 5.41) is 0. The third-order valence-corrected chi connectivity index (χ3v) is 15.8. The van der Waals surface area contributed by atoms with Gasteiger partial charge in [0.05, 0.1) is 0 Å². The van der Waals surface area contributed by atoms with Gasteiger partial charge in [0, 0.05) is 19.3 Å². The first kappa shape index (κ1) is 77.1. The van der Waals surface area contributed by atoms with Crippen molar-refractivity contribution in [1.29, 1.82) is 0 Å². The molecular formula is C74H134O6. The first-order valence-corrected chi connectivity index (χ1v) is 35.3. The van der Waals surface area contributed by atoms with Crippen molar-refractivity contribution in [2.24, 2.45) is 0 Å². The molecule has 0 aromatic rings. The lowest BCUT2D eigenvalue weighted by molar-refractivity contribution is -0.167. The van der Waals surface area contributed by atoms with Crippen molar-refractivity contribution in [3.8, 4) is 0 Å². The van der Waals surface area contributed by atoms with Gasteiger partial charge in [0.25, 0.3) is 0 Å². The Labute approximate surface area is 498 Å². The summed E-state index contributed by atoms with van der Waals surface area (Å²) in [4.78, 5) is 38.2. The molecule has 0 bridgehead atoms. The molecule has 0 heterocycles. The van der Waals surface area contributed by atoms with Crippen molar-refractivity contribution >= 4 is 17.9 Å². The zero-order valence-electron chi connectivity index (χ0n) is 53.6. The van der Waals surface area contributed by atoms with Crippen LogP contribution in [0, 0.1) is 0 Å². The van der Waals surface area contributed by atoms with E-state index < -0.39 is 6.10 Å². The summed E-state index contributed by atoms with van der Waals surface area (Å²) in [7, 11) is 0. The van der Waals surface area contributed by atoms with Crippen LogP contribution in [-0.4, -0.2) is 37.2 Å². The van der Waals surface area contributed by atoms with Crippen LogP contribution < -0.4 is 0 Å². The Morgan fingerprint density at radius 2 is 0.487 bits per heavy atom. The Hall–Kier alpha value is -2.89. The van der Waals surface area contributed by atoms with Crippen LogP contribution in [0.5, 0.6) is 0 Å². The monoisotopic (exact) mass is 1120 g/mol. The Morgan fingerprint density at radius 1 is 0.263 bits per heavy atom. The topological polar surface area (TPSA) is 78.9 Å². The molecule has 0 saturated heterocycles. The number of carbonyl (C=O) groups is 3. The predicted molar refractivity (Wildman–Crippen MR) is 348 cm³/mol. The molecule has 1 atom stereocenters. The average Bonchev–Trinajstić information content (AvgIpc) is 3.46. The highest BCUT2D eigenvalue weighted by Crippen LogP contribution is 2.19. The second-order valence-corrected chi connectivity index (χ2v) is 23.8. The highest BCUT2D eigenvalue weighted by atomic mass is 16.6. The quantitative estimate of drug-likeness (QED) is 0.0261. The van der Waals surface area contributed by atoms with E-state index in [2.05, 4.69) is 81.5 Å². The minimum atomic E-state index is -0.789. The standard InChI is InChI=1S/C74H134O6/c1-4-7-10-13-16-19-21-23-25-27-29-30-31-32-33-34-35-36-37-38-39-40-41-42-43-45-46-48-50-52-55-58-61-64-67-73(76)79-70-71(69-78-72(75)66-63-60-57-54-18-15-12-9-6-3)80-74(77)68-65-62-59-56-53-51-49-47-44-28-26-24-22-20-17-14-11-8-5-2/h8,11,17,20,24,26,44,47,51,53,71H,4-7,9-10,12-16,18-19,21-23,25,27-43,45-46,48-50,52,54-70H2,1-3H3/b11-8-,20-17-,26-24-,47-44-,53-51-. The number of ether oxygens (including phenoxy) is 3. The Kier molecular flexibility index (Phi) is 66.1. The molecule has 0 aromatic heterocycles. The molecule has 6 heteroatoms. The summed E-state index contributed by atoms with van der Waals surface area (Å²) < 4.78 is 16.9. The molecule has 0 aliphatic carbocycles. The third-order valence-electron chi connectivity index (χ3n) is 15.8. The van der Waals surface area contributed by atoms with E-state index >= 15 is 0 Å². The van der Waals surface area contributed by atoms with Gasteiger partial charge in [0.2, 0.25) is 0 Å². The van der Waals surface area contributed by atoms with Crippen LogP contribution in [-0.2, 0) is 28.6 Å². The van der Waals surface area contributed by atoms with E-state index in [1.807, 2.05) is 0 Å². The van der Waals surface area contributed by atoms with Crippen molar-refractivity contribution in [2.45, 2.75) is 380 Å². The second kappa shape index (κ2) is 68.6. The van der Waals surface area contributed by atoms with Gasteiger partial charge in [0.15, 0.2) is 6.10 Å². The lowest BCUT2D eigenvalue weighted by Gasteiger charge is -2.18. The van der Waals surface area contributed by atoms with E-state index in [0.29, 0.717) is 19.3 Å². The Morgan fingerprint density at radius 3 is 0.762 bits per heavy atom. The molecule has 80 heavy (non-hydrogen) atoms. The first-order chi connectivity index (χ1) is 39.5. The first-order valence-electron chi connectivity index (χ1n) is 35.3. The van der Waals surface area contributed by atoms with Gasteiger partial charge in [-0.15, -0.1) is 0 Å². The fourth-order valence-corrected chi connectivity index (χ4v) is 10.5. The van der Waals surface area contributed by atoms with Crippen molar-refractivity contribution < 1.29 is 28.6 Å². The van der Waals surface area contributed by atoms with Crippen molar-refractivity contribution in [3.63, 3.8) is 0 Å². The minimum absolute atomic E-state index is 0.0837. The van der Waals surface area contributed by atoms with Gasteiger partial charge in [-0.1, -0.05) is 351 Å².